The Morgan fingerprint density at radius 1 is 1.17 bits per heavy atom. The third kappa shape index (κ3) is 3.77. The first-order chi connectivity index (χ1) is 14.1. The lowest BCUT2D eigenvalue weighted by Gasteiger charge is -2.34. The summed E-state index contributed by atoms with van der Waals surface area (Å²) in [4.78, 5) is 32.6. The maximum Gasteiger partial charge on any atom is 0.263 e. The third-order valence-electron chi connectivity index (χ3n) is 4.97. The number of amides is 2. The monoisotopic (exact) mass is 428 g/mol. The summed E-state index contributed by atoms with van der Waals surface area (Å²) in [5.41, 5.74) is -0.173. The van der Waals surface area contributed by atoms with E-state index in [1.807, 2.05) is 20.8 Å². The Balaban J connectivity index is 1.99. The van der Waals surface area contributed by atoms with Crippen molar-refractivity contribution in [3.63, 3.8) is 0 Å². The fourth-order valence-corrected chi connectivity index (χ4v) is 4.91. The van der Waals surface area contributed by atoms with Crippen LogP contribution in [-0.4, -0.2) is 41.7 Å². The van der Waals surface area contributed by atoms with Crippen molar-refractivity contribution in [2.75, 3.05) is 4.72 Å². The van der Waals surface area contributed by atoms with Gasteiger partial charge in [0, 0.05) is 23.3 Å². The number of aromatic nitrogens is 1. The number of carbonyl (C=O) groups excluding carboxylic acids is 2. The van der Waals surface area contributed by atoms with E-state index in [1.165, 1.54) is 23.2 Å². The molecule has 1 aliphatic heterocycles. The highest BCUT2D eigenvalue weighted by Crippen LogP contribution is 2.40. The SMILES string of the molecule is CC(C)(C)NC(=O)C1c2ccccc2S(=O)(=O)Nc2ncccc2C(=O)N1C1CC1. The summed E-state index contributed by atoms with van der Waals surface area (Å²) in [7, 11) is -4.07. The molecule has 9 heteroatoms. The molecule has 30 heavy (non-hydrogen) atoms. The summed E-state index contributed by atoms with van der Waals surface area (Å²) >= 11 is 0. The summed E-state index contributed by atoms with van der Waals surface area (Å²) in [5.74, 6) is -0.883. The molecular formula is C21H24N4O4S. The summed E-state index contributed by atoms with van der Waals surface area (Å²) in [6.45, 7) is 5.52. The summed E-state index contributed by atoms with van der Waals surface area (Å²) in [5, 5.41) is 2.92. The number of hydrogen-bond donors (Lipinski definition) is 2. The largest absolute Gasteiger partial charge is 0.349 e. The molecule has 1 unspecified atom stereocenters. The quantitative estimate of drug-likeness (QED) is 0.764. The van der Waals surface area contributed by atoms with E-state index < -0.39 is 33.4 Å². The Kier molecular flexibility index (Phi) is 4.80. The Bertz CT molecular complexity index is 1120. The van der Waals surface area contributed by atoms with E-state index in [0.29, 0.717) is 0 Å². The van der Waals surface area contributed by atoms with Crippen LogP contribution in [-0.2, 0) is 14.8 Å². The smallest absolute Gasteiger partial charge is 0.263 e. The van der Waals surface area contributed by atoms with Crippen LogP contribution in [0.4, 0.5) is 5.82 Å². The molecule has 8 nitrogen and oxygen atoms in total. The van der Waals surface area contributed by atoms with Gasteiger partial charge in [0.15, 0.2) is 5.82 Å². The minimum absolute atomic E-state index is 0.0418. The van der Waals surface area contributed by atoms with E-state index in [2.05, 4.69) is 15.0 Å². The van der Waals surface area contributed by atoms with Gasteiger partial charge < -0.3 is 10.2 Å². The van der Waals surface area contributed by atoms with E-state index in [1.54, 1.807) is 24.3 Å². The van der Waals surface area contributed by atoms with Crippen molar-refractivity contribution < 1.29 is 18.0 Å². The van der Waals surface area contributed by atoms with Crippen molar-refractivity contribution in [1.29, 1.82) is 0 Å². The molecular weight excluding hydrogens is 404 g/mol. The zero-order valence-electron chi connectivity index (χ0n) is 17.0. The molecule has 1 saturated carbocycles. The van der Waals surface area contributed by atoms with E-state index in [-0.39, 0.29) is 27.9 Å². The molecule has 1 fully saturated rings. The van der Waals surface area contributed by atoms with Crippen LogP contribution >= 0.6 is 0 Å². The maximum absolute atomic E-state index is 13.6. The van der Waals surface area contributed by atoms with Gasteiger partial charge in [0.1, 0.15) is 6.04 Å². The fourth-order valence-electron chi connectivity index (χ4n) is 3.63. The van der Waals surface area contributed by atoms with Gasteiger partial charge in [0.2, 0.25) is 5.91 Å². The van der Waals surface area contributed by atoms with E-state index in [0.717, 1.165) is 12.8 Å². The van der Waals surface area contributed by atoms with Crippen molar-refractivity contribution in [1.82, 2.24) is 15.2 Å². The second-order valence-corrected chi connectivity index (χ2v) is 10.3. The number of nitrogens with one attached hydrogen (secondary N) is 2. The van der Waals surface area contributed by atoms with Gasteiger partial charge in [-0.25, -0.2) is 13.4 Å². The lowest BCUT2D eigenvalue weighted by Crippen LogP contribution is -2.50. The lowest BCUT2D eigenvalue weighted by atomic mass is 10.0. The molecule has 4 rings (SSSR count). The number of nitrogens with zero attached hydrogens (tertiary/aromatic N) is 2. The Morgan fingerprint density at radius 2 is 1.87 bits per heavy atom. The van der Waals surface area contributed by atoms with E-state index >= 15 is 0 Å². The minimum atomic E-state index is -4.07. The van der Waals surface area contributed by atoms with Gasteiger partial charge in [-0.3, -0.25) is 14.3 Å². The normalized spacial score (nSPS) is 20.7. The Morgan fingerprint density at radius 3 is 2.53 bits per heavy atom. The minimum Gasteiger partial charge on any atom is -0.349 e. The molecule has 2 amide bonds. The molecule has 1 atom stereocenters. The number of pyridine rings is 1. The second-order valence-electron chi connectivity index (χ2n) is 8.63. The van der Waals surface area contributed by atoms with Crippen molar-refractivity contribution >= 4 is 27.7 Å². The fraction of sp³-hybridized carbons (Fsp3) is 0.381. The molecule has 2 aromatic rings. The van der Waals surface area contributed by atoms with Crippen LogP contribution in [0.5, 0.6) is 0 Å². The summed E-state index contributed by atoms with van der Waals surface area (Å²) in [6.07, 6.45) is 2.93. The predicted molar refractivity (Wildman–Crippen MR) is 111 cm³/mol. The van der Waals surface area contributed by atoms with Crippen LogP contribution in [0.2, 0.25) is 0 Å². The topological polar surface area (TPSA) is 108 Å². The van der Waals surface area contributed by atoms with Gasteiger partial charge in [-0.15, -0.1) is 0 Å². The highest BCUT2D eigenvalue weighted by molar-refractivity contribution is 7.92. The zero-order valence-corrected chi connectivity index (χ0v) is 17.9. The van der Waals surface area contributed by atoms with Gasteiger partial charge in [-0.1, -0.05) is 18.2 Å². The number of fused-ring (bicyclic) bond motifs is 2. The van der Waals surface area contributed by atoms with Crippen LogP contribution in [0.25, 0.3) is 0 Å². The molecule has 1 aromatic carbocycles. The van der Waals surface area contributed by atoms with Crippen LogP contribution in [0.3, 0.4) is 0 Å². The molecule has 2 aliphatic rings. The molecule has 1 aliphatic carbocycles. The predicted octanol–water partition coefficient (Wildman–Crippen LogP) is 2.46. The zero-order chi connectivity index (χ0) is 21.7. The van der Waals surface area contributed by atoms with Gasteiger partial charge in [0.25, 0.3) is 15.9 Å². The average molecular weight is 429 g/mol. The average Bonchev–Trinajstić information content (AvgIpc) is 3.48. The maximum atomic E-state index is 13.6. The summed E-state index contributed by atoms with van der Waals surface area (Å²) in [6, 6.07) is 8.18. The first-order valence-corrected chi connectivity index (χ1v) is 11.3. The summed E-state index contributed by atoms with van der Waals surface area (Å²) < 4.78 is 28.8. The number of hydrogen-bond acceptors (Lipinski definition) is 5. The highest BCUT2D eigenvalue weighted by Gasteiger charge is 2.45. The molecule has 0 bridgehead atoms. The third-order valence-corrected chi connectivity index (χ3v) is 6.38. The molecule has 0 radical (unpaired) electrons. The van der Waals surface area contributed by atoms with E-state index in [9.17, 15) is 18.0 Å². The van der Waals surface area contributed by atoms with Crippen molar-refractivity contribution in [2.24, 2.45) is 0 Å². The molecule has 0 saturated heterocycles. The molecule has 0 spiro atoms. The number of anilines is 1. The van der Waals surface area contributed by atoms with Crippen LogP contribution in [0.1, 0.15) is 55.6 Å². The Labute approximate surface area is 175 Å². The number of rotatable bonds is 2. The lowest BCUT2D eigenvalue weighted by molar-refractivity contribution is -0.127. The second kappa shape index (κ2) is 7.09. The van der Waals surface area contributed by atoms with Crippen LogP contribution in [0.15, 0.2) is 47.5 Å². The van der Waals surface area contributed by atoms with Crippen molar-refractivity contribution in [3.05, 3.63) is 53.7 Å². The van der Waals surface area contributed by atoms with Gasteiger partial charge in [-0.05, 0) is 51.8 Å². The van der Waals surface area contributed by atoms with Gasteiger partial charge in [-0.2, -0.15) is 0 Å². The van der Waals surface area contributed by atoms with E-state index in [4.69, 9.17) is 0 Å². The number of sulfonamides is 1. The first-order valence-electron chi connectivity index (χ1n) is 9.80. The molecule has 1 aromatic heterocycles. The van der Waals surface area contributed by atoms with Crippen LogP contribution < -0.4 is 10.0 Å². The number of benzene rings is 1. The molecule has 2 N–H and O–H groups in total. The molecule has 158 valence electrons. The van der Waals surface area contributed by atoms with Crippen molar-refractivity contribution in [3.8, 4) is 0 Å². The van der Waals surface area contributed by atoms with Crippen LogP contribution in [0, 0.1) is 0 Å². The van der Waals surface area contributed by atoms with Crippen molar-refractivity contribution in [2.45, 2.75) is 56.1 Å². The van der Waals surface area contributed by atoms with Gasteiger partial charge >= 0.3 is 0 Å². The van der Waals surface area contributed by atoms with Gasteiger partial charge in [0.05, 0.1) is 10.5 Å². The highest BCUT2D eigenvalue weighted by atomic mass is 32.2. The molecule has 2 heterocycles. The standard InChI is InChI=1S/C21H24N4O4S/c1-21(2,3)23-19(26)17-14-7-4-5-9-16(14)30(28,29)24-18-15(8-6-12-22-18)20(27)25(17)13-10-11-13/h4-9,12-13,17H,10-11H2,1-3H3,(H,22,24)(H,23,26). The Hall–Kier alpha value is -2.94. The number of carbonyl (C=O) groups is 2. The first kappa shape index (κ1) is 20.3.